The summed E-state index contributed by atoms with van der Waals surface area (Å²) >= 11 is 6.25. The van der Waals surface area contributed by atoms with Crippen molar-refractivity contribution in [1.82, 2.24) is 14.5 Å². The van der Waals surface area contributed by atoms with E-state index in [4.69, 9.17) is 39.6 Å². The van der Waals surface area contributed by atoms with Crippen LogP contribution in [-0.2, 0) is 42.1 Å². The monoisotopic (exact) mass is 690 g/mol. The summed E-state index contributed by atoms with van der Waals surface area (Å²) in [7, 11) is -4.17. The van der Waals surface area contributed by atoms with Crippen molar-refractivity contribution in [2.45, 2.75) is 97.8 Å². The number of ether oxygens (including phenoxy) is 4. The van der Waals surface area contributed by atoms with Gasteiger partial charge in [0.25, 0.3) is 0 Å². The lowest BCUT2D eigenvalue weighted by molar-refractivity contribution is -0.162. The second-order valence-corrected chi connectivity index (χ2v) is 15.8. The number of rotatable bonds is 13. The average molecular weight is 691 g/mol. The first kappa shape index (κ1) is 36.5. The number of aliphatic hydroxyl groups is 2. The molecule has 2 fully saturated rings. The molecule has 1 saturated heterocycles. The van der Waals surface area contributed by atoms with Crippen LogP contribution >= 0.6 is 19.2 Å². The van der Waals surface area contributed by atoms with Crippen LogP contribution in [0.15, 0.2) is 12.3 Å². The molecule has 4 atom stereocenters. The molecule has 46 heavy (non-hydrogen) atoms. The third-order valence-electron chi connectivity index (χ3n) is 7.49. The summed E-state index contributed by atoms with van der Waals surface area (Å²) in [4.78, 5) is 32.9. The van der Waals surface area contributed by atoms with Crippen LogP contribution in [-0.4, -0.2) is 87.6 Å². The van der Waals surface area contributed by atoms with Gasteiger partial charge in [0.2, 0.25) is 18.9 Å². The molecule has 1 aliphatic heterocycles. The Bertz CT molecular complexity index is 1380. The number of hydrogen-bond donors (Lipinski definition) is 3. The molecule has 0 aromatic carbocycles. The molecule has 15 nitrogen and oxygen atoms in total. The molecule has 0 radical (unpaired) electrons. The minimum atomic E-state index is -4.17. The lowest BCUT2D eigenvalue weighted by atomic mass is 9.98. The maximum absolute atomic E-state index is 13.4. The Balaban J connectivity index is 1.40. The number of nitrogens with zero attached hydrogens (tertiary/aromatic N) is 3. The maximum Gasteiger partial charge on any atom is 0.361 e. The summed E-state index contributed by atoms with van der Waals surface area (Å²) in [5.74, 6) is -0.634. The molecule has 4 rings (SSSR count). The predicted molar refractivity (Wildman–Crippen MR) is 166 cm³/mol. The van der Waals surface area contributed by atoms with E-state index in [-0.39, 0.29) is 17.9 Å². The zero-order chi connectivity index (χ0) is 33.9. The largest absolute Gasteiger partial charge is 0.438 e. The van der Waals surface area contributed by atoms with Crippen LogP contribution in [0.1, 0.15) is 73.5 Å². The molecule has 2 aliphatic rings. The fourth-order valence-corrected chi connectivity index (χ4v) is 5.97. The molecule has 0 bridgehead atoms. The van der Waals surface area contributed by atoms with Crippen molar-refractivity contribution in [3.63, 3.8) is 0 Å². The van der Waals surface area contributed by atoms with Crippen LogP contribution in [0.25, 0.3) is 11.0 Å². The van der Waals surface area contributed by atoms with E-state index in [1.165, 1.54) is 0 Å². The quantitative estimate of drug-likeness (QED) is 0.116. The Hall–Kier alpha value is -2.36. The zero-order valence-electron chi connectivity index (χ0n) is 26.9. The van der Waals surface area contributed by atoms with Crippen molar-refractivity contribution in [3.8, 4) is 0 Å². The van der Waals surface area contributed by atoms with Crippen LogP contribution < -0.4 is 5.32 Å². The Morgan fingerprint density at radius 2 is 1.61 bits per heavy atom. The molecule has 258 valence electrons. The highest BCUT2D eigenvalue weighted by Gasteiger charge is 2.45. The van der Waals surface area contributed by atoms with Gasteiger partial charge < -0.3 is 39.0 Å². The fraction of sp³-hybridized carbons (Fsp3) is 0.724. The smallest absolute Gasteiger partial charge is 0.361 e. The van der Waals surface area contributed by atoms with Gasteiger partial charge in [-0.05, 0) is 72.1 Å². The highest BCUT2D eigenvalue weighted by molar-refractivity contribution is 7.53. The van der Waals surface area contributed by atoms with Gasteiger partial charge in [-0.2, -0.15) is 4.98 Å². The van der Waals surface area contributed by atoms with Gasteiger partial charge in [0.1, 0.15) is 36.1 Å². The van der Waals surface area contributed by atoms with E-state index < -0.39 is 74.8 Å². The molecule has 2 aromatic rings. The Labute approximate surface area is 272 Å². The van der Waals surface area contributed by atoms with Crippen molar-refractivity contribution < 1.29 is 52.4 Å². The van der Waals surface area contributed by atoms with Crippen LogP contribution in [0.2, 0.25) is 5.28 Å². The van der Waals surface area contributed by atoms with Crippen molar-refractivity contribution in [2.75, 3.05) is 31.9 Å². The lowest BCUT2D eigenvalue weighted by Gasteiger charge is -2.22. The first-order valence-corrected chi connectivity index (χ1v) is 17.2. The molecule has 0 amide bonds. The van der Waals surface area contributed by atoms with Crippen LogP contribution in [0, 0.1) is 10.8 Å². The van der Waals surface area contributed by atoms with E-state index in [1.54, 1.807) is 58.4 Å². The summed E-state index contributed by atoms with van der Waals surface area (Å²) < 4.78 is 47.1. The van der Waals surface area contributed by atoms with Crippen LogP contribution in [0.3, 0.4) is 0 Å². The molecule has 0 spiro atoms. The summed E-state index contributed by atoms with van der Waals surface area (Å²) in [6, 6.07) is 2.05. The van der Waals surface area contributed by atoms with E-state index in [0.717, 1.165) is 25.7 Å². The van der Waals surface area contributed by atoms with Crippen LogP contribution in [0.5, 0.6) is 0 Å². The molecular formula is C29H44ClN4O11P. The number of aliphatic hydroxyl groups excluding tert-OH is 2. The van der Waals surface area contributed by atoms with Crippen LogP contribution in [0.4, 0.5) is 5.82 Å². The summed E-state index contributed by atoms with van der Waals surface area (Å²) in [5, 5.41) is 25.8. The Morgan fingerprint density at radius 1 is 1.02 bits per heavy atom. The molecule has 1 aliphatic carbocycles. The van der Waals surface area contributed by atoms with Crippen molar-refractivity contribution in [2.24, 2.45) is 10.8 Å². The predicted octanol–water partition coefficient (Wildman–Crippen LogP) is 4.35. The molecule has 0 unspecified atom stereocenters. The number of aromatic nitrogens is 3. The third-order valence-corrected chi connectivity index (χ3v) is 9.15. The normalized spacial score (nSPS) is 22.8. The topological polar surface area (TPSA) is 190 Å². The number of esters is 2. The third kappa shape index (κ3) is 9.16. The Morgan fingerprint density at radius 3 is 2.17 bits per heavy atom. The van der Waals surface area contributed by atoms with Gasteiger partial charge >= 0.3 is 19.5 Å². The minimum Gasteiger partial charge on any atom is -0.438 e. The van der Waals surface area contributed by atoms with E-state index in [2.05, 4.69) is 15.3 Å². The van der Waals surface area contributed by atoms with Gasteiger partial charge in [-0.1, -0.05) is 12.8 Å². The van der Waals surface area contributed by atoms with Gasteiger partial charge in [0.05, 0.1) is 22.8 Å². The van der Waals surface area contributed by atoms with E-state index in [1.807, 2.05) is 0 Å². The number of anilines is 1. The number of hydrogen-bond acceptors (Lipinski definition) is 14. The fourth-order valence-electron chi connectivity index (χ4n) is 4.83. The maximum atomic E-state index is 13.4. The second-order valence-electron chi connectivity index (χ2n) is 13.4. The number of nitrogens with one attached hydrogen (secondary N) is 1. The first-order valence-electron chi connectivity index (χ1n) is 15.1. The summed E-state index contributed by atoms with van der Waals surface area (Å²) in [6.07, 6.45) is 0.412. The molecule has 3 N–H and O–H groups in total. The zero-order valence-corrected chi connectivity index (χ0v) is 28.6. The molecule has 17 heteroatoms. The number of carbonyl (C=O) groups is 2. The van der Waals surface area contributed by atoms with Gasteiger partial charge in [0, 0.05) is 12.2 Å². The summed E-state index contributed by atoms with van der Waals surface area (Å²) in [5.41, 5.74) is -1.27. The average Bonchev–Trinajstić information content (AvgIpc) is 3.68. The van der Waals surface area contributed by atoms with E-state index in [9.17, 15) is 24.4 Å². The van der Waals surface area contributed by atoms with E-state index >= 15 is 0 Å². The van der Waals surface area contributed by atoms with E-state index in [0.29, 0.717) is 16.9 Å². The second kappa shape index (κ2) is 14.8. The minimum absolute atomic E-state index is 0.0120. The Kier molecular flexibility index (Phi) is 11.7. The molecule has 3 heterocycles. The highest BCUT2D eigenvalue weighted by atomic mass is 35.5. The summed E-state index contributed by atoms with van der Waals surface area (Å²) in [6.45, 7) is 8.07. The van der Waals surface area contributed by atoms with Gasteiger partial charge in [-0.15, -0.1) is 0 Å². The van der Waals surface area contributed by atoms with Crippen molar-refractivity contribution >= 4 is 48.0 Å². The number of halogens is 1. The SMILES string of the molecule is CC(C)(C)C(=O)OCOP(=O)(COC[C@H]1O[C@@H](n2ccc3c(NC4CCCC4)nc(Cl)nc32)[C@H](O)[C@@H]1O)OCOC(=O)C(C)(C)C. The molecular weight excluding hydrogens is 647 g/mol. The van der Waals surface area contributed by atoms with Gasteiger partial charge in [-0.3, -0.25) is 23.2 Å². The molecule has 2 aromatic heterocycles. The number of carbonyl (C=O) groups excluding carboxylic acids is 2. The van der Waals surface area contributed by atoms with Gasteiger partial charge in [0.15, 0.2) is 6.23 Å². The van der Waals surface area contributed by atoms with Crippen molar-refractivity contribution in [1.29, 1.82) is 0 Å². The lowest BCUT2D eigenvalue weighted by Crippen LogP contribution is -2.34. The van der Waals surface area contributed by atoms with Gasteiger partial charge in [-0.25, -0.2) is 4.98 Å². The standard InChI is InChI=1S/C29H44ClN4O11P/c1-28(2,3)25(37)41-14-43-46(39,44-15-42-26(38)29(4,5)6)16-40-13-19-20(35)21(36)24(45-19)34-12-11-18-22(31-17-9-7-8-10-17)32-27(30)33-23(18)34/h11-12,17,19-21,24,35-36H,7-10,13-16H2,1-6H3,(H,31,32,33)/t19-,20-,21-,24-/m1/s1. The van der Waals surface area contributed by atoms with Crippen molar-refractivity contribution in [3.05, 3.63) is 17.5 Å². The highest BCUT2D eigenvalue weighted by Crippen LogP contribution is 2.48. The number of fused-ring (bicyclic) bond motifs is 1. The molecule has 1 saturated carbocycles. The first-order chi connectivity index (χ1) is 21.5.